The van der Waals surface area contributed by atoms with E-state index >= 15 is 0 Å². The van der Waals surface area contributed by atoms with Crippen LogP contribution in [0.25, 0.3) is 22.6 Å². The molecule has 0 amide bonds. The maximum Gasteiger partial charge on any atom is 0.226 e. The number of aryl methyl sites for hydroxylation is 2. The topological polar surface area (TPSA) is 42.2 Å². The van der Waals surface area contributed by atoms with Crippen LogP contribution in [0, 0.1) is 6.92 Å². The number of rotatable bonds is 4. The zero-order valence-corrected chi connectivity index (χ0v) is 19.1. The van der Waals surface area contributed by atoms with E-state index < -0.39 is 0 Å². The Hall–Kier alpha value is -3.24. The molecule has 1 saturated heterocycles. The van der Waals surface area contributed by atoms with Crippen LogP contribution in [0.2, 0.25) is 0 Å². The van der Waals surface area contributed by atoms with Crippen LogP contribution in [0.15, 0.2) is 77.5 Å². The molecule has 2 aliphatic rings. The Balaban J connectivity index is 1.14. The van der Waals surface area contributed by atoms with Crippen molar-refractivity contribution < 1.29 is 4.42 Å². The van der Waals surface area contributed by atoms with Gasteiger partial charge >= 0.3 is 0 Å². The second-order valence-corrected chi connectivity index (χ2v) is 9.55. The number of benzene rings is 2. The molecular weight excluding hydrogens is 406 g/mol. The maximum atomic E-state index is 6.08. The Morgan fingerprint density at radius 2 is 1.55 bits per heavy atom. The van der Waals surface area contributed by atoms with Crippen LogP contribution >= 0.6 is 0 Å². The average Bonchev–Trinajstić information content (AvgIpc) is 3.42. The number of piperidine rings is 1. The van der Waals surface area contributed by atoms with Gasteiger partial charge in [-0.3, -0.25) is 9.88 Å². The van der Waals surface area contributed by atoms with E-state index in [2.05, 4.69) is 58.4 Å². The first kappa shape index (κ1) is 20.4. The van der Waals surface area contributed by atoms with Crippen molar-refractivity contribution in [2.45, 2.75) is 44.6 Å². The number of aromatic nitrogens is 2. The van der Waals surface area contributed by atoms with Crippen LogP contribution in [0.5, 0.6) is 0 Å². The molecule has 2 aromatic carbocycles. The van der Waals surface area contributed by atoms with Gasteiger partial charge in [0.1, 0.15) is 5.76 Å². The third-order valence-corrected chi connectivity index (χ3v) is 7.69. The first-order valence-corrected chi connectivity index (χ1v) is 12.0. The van der Waals surface area contributed by atoms with Crippen LogP contribution in [-0.2, 0) is 18.4 Å². The van der Waals surface area contributed by atoms with Gasteiger partial charge in [-0.1, -0.05) is 36.4 Å². The summed E-state index contributed by atoms with van der Waals surface area (Å²) in [5, 5.41) is 0. The van der Waals surface area contributed by atoms with E-state index in [1.165, 1.54) is 31.2 Å². The molecule has 0 unspecified atom stereocenters. The minimum Gasteiger partial charge on any atom is -0.441 e. The van der Waals surface area contributed by atoms with Crippen LogP contribution in [0.1, 0.15) is 41.8 Å². The highest BCUT2D eigenvalue weighted by Crippen LogP contribution is 2.46. The molecule has 4 nitrogen and oxygen atoms in total. The SMILES string of the molecule is Cc1oc(-c2ccc(-c3ccncc3)cc2)nc1CN1CCC2(CCc3ccccc32)CC1. The summed E-state index contributed by atoms with van der Waals surface area (Å²) in [6.45, 7) is 5.14. The van der Waals surface area contributed by atoms with Crippen molar-refractivity contribution in [3.05, 3.63) is 95.6 Å². The van der Waals surface area contributed by atoms with Crippen molar-refractivity contribution in [2.75, 3.05) is 13.1 Å². The molecule has 33 heavy (non-hydrogen) atoms. The molecule has 4 heteroatoms. The number of pyridine rings is 1. The van der Waals surface area contributed by atoms with Gasteiger partial charge in [-0.2, -0.15) is 0 Å². The average molecular weight is 436 g/mol. The number of nitrogens with zero attached hydrogens (tertiary/aromatic N) is 3. The zero-order chi connectivity index (χ0) is 22.3. The van der Waals surface area contributed by atoms with E-state index in [0.717, 1.165) is 42.2 Å². The number of fused-ring (bicyclic) bond motifs is 2. The predicted molar refractivity (Wildman–Crippen MR) is 131 cm³/mol. The van der Waals surface area contributed by atoms with Gasteiger partial charge in [0.25, 0.3) is 0 Å². The van der Waals surface area contributed by atoms with Gasteiger partial charge in [-0.15, -0.1) is 0 Å². The largest absolute Gasteiger partial charge is 0.441 e. The standard InChI is InChI=1S/C29H29N3O/c1-21-27(20-32-18-14-29(15-19-32)13-10-24-4-2-3-5-26(24)29)31-28(33-21)25-8-6-22(7-9-25)23-11-16-30-17-12-23/h2-9,11-12,16-17H,10,13-15,18-20H2,1H3. The number of hydrogen-bond donors (Lipinski definition) is 0. The van der Waals surface area contributed by atoms with Crippen molar-refractivity contribution in [2.24, 2.45) is 0 Å². The molecule has 0 saturated carbocycles. The Morgan fingerprint density at radius 1 is 0.848 bits per heavy atom. The first-order chi connectivity index (χ1) is 16.2. The fourth-order valence-corrected chi connectivity index (χ4v) is 5.68. The fourth-order valence-electron chi connectivity index (χ4n) is 5.68. The summed E-state index contributed by atoms with van der Waals surface area (Å²) in [6.07, 6.45) is 8.67. The quantitative estimate of drug-likeness (QED) is 0.383. The second-order valence-electron chi connectivity index (χ2n) is 9.55. The van der Waals surface area contributed by atoms with Gasteiger partial charge in [-0.25, -0.2) is 4.98 Å². The molecule has 3 heterocycles. The summed E-state index contributed by atoms with van der Waals surface area (Å²) in [6, 6.07) is 21.5. The maximum absolute atomic E-state index is 6.08. The highest BCUT2D eigenvalue weighted by Gasteiger charge is 2.40. The van der Waals surface area contributed by atoms with E-state index in [-0.39, 0.29) is 0 Å². The fraction of sp³-hybridized carbons (Fsp3) is 0.310. The van der Waals surface area contributed by atoms with Crippen LogP contribution in [-0.4, -0.2) is 28.0 Å². The van der Waals surface area contributed by atoms with Crippen LogP contribution in [0.4, 0.5) is 0 Å². The highest BCUT2D eigenvalue weighted by molar-refractivity contribution is 5.67. The molecule has 1 spiro atoms. The summed E-state index contributed by atoms with van der Waals surface area (Å²) in [4.78, 5) is 11.5. The van der Waals surface area contributed by atoms with E-state index in [1.54, 1.807) is 11.1 Å². The summed E-state index contributed by atoms with van der Waals surface area (Å²) in [5.41, 5.74) is 7.98. The molecule has 0 atom stereocenters. The molecular formula is C29H29N3O. The summed E-state index contributed by atoms with van der Waals surface area (Å²) >= 11 is 0. The van der Waals surface area contributed by atoms with Gasteiger partial charge < -0.3 is 4.42 Å². The van der Waals surface area contributed by atoms with Crippen molar-refractivity contribution in [3.8, 4) is 22.6 Å². The summed E-state index contributed by atoms with van der Waals surface area (Å²) < 4.78 is 6.08. The van der Waals surface area contributed by atoms with Gasteiger partial charge in [0.05, 0.1) is 5.69 Å². The lowest BCUT2D eigenvalue weighted by molar-refractivity contribution is 0.150. The molecule has 1 fully saturated rings. The van der Waals surface area contributed by atoms with Crippen molar-refractivity contribution in [1.82, 2.24) is 14.9 Å². The Labute approximate surface area is 195 Å². The van der Waals surface area contributed by atoms with Crippen molar-refractivity contribution in [1.29, 1.82) is 0 Å². The minimum absolute atomic E-state index is 0.397. The van der Waals surface area contributed by atoms with E-state index in [4.69, 9.17) is 9.40 Å². The normalized spacial score (nSPS) is 17.4. The van der Waals surface area contributed by atoms with Gasteiger partial charge in [-0.05, 0) is 97.6 Å². The van der Waals surface area contributed by atoms with E-state index in [1.807, 2.05) is 31.5 Å². The monoisotopic (exact) mass is 435 g/mol. The van der Waals surface area contributed by atoms with E-state index in [9.17, 15) is 0 Å². The summed E-state index contributed by atoms with van der Waals surface area (Å²) in [5.74, 6) is 1.64. The minimum atomic E-state index is 0.397. The Morgan fingerprint density at radius 3 is 2.33 bits per heavy atom. The Bertz CT molecular complexity index is 1250. The number of hydrogen-bond acceptors (Lipinski definition) is 4. The molecule has 6 rings (SSSR count). The molecule has 1 aliphatic carbocycles. The predicted octanol–water partition coefficient (Wildman–Crippen LogP) is 6.19. The highest BCUT2D eigenvalue weighted by atomic mass is 16.4. The molecule has 0 N–H and O–H groups in total. The number of likely N-dealkylation sites (tertiary alicyclic amines) is 1. The lowest BCUT2D eigenvalue weighted by Crippen LogP contribution is -2.41. The third kappa shape index (κ3) is 3.79. The lowest BCUT2D eigenvalue weighted by atomic mass is 9.74. The molecule has 1 aliphatic heterocycles. The molecule has 166 valence electrons. The van der Waals surface area contributed by atoms with Gasteiger partial charge in [0.15, 0.2) is 0 Å². The van der Waals surface area contributed by atoms with Crippen molar-refractivity contribution >= 4 is 0 Å². The molecule has 0 radical (unpaired) electrons. The lowest BCUT2D eigenvalue weighted by Gasteiger charge is -2.40. The number of oxazole rings is 1. The van der Waals surface area contributed by atoms with Gasteiger partial charge in [0.2, 0.25) is 5.89 Å². The molecule has 4 aromatic rings. The smallest absolute Gasteiger partial charge is 0.226 e. The van der Waals surface area contributed by atoms with E-state index in [0.29, 0.717) is 11.3 Å². The van der Waals surface area contributed by atoms with Gasteiger partial charge in [0, 0.05) is 24.5 Å². The summed E-state index contributed by atoms with van der Waals surface area (Å²) in [7, 11) is 0. The Kier molecular flexibility index (Phi) is 5.11. The third-order valence-electron chi connectivity index (χ3n) is 7.69. The van der Waals surface area contributed by atoms with Crippen LogP contribution < -0.4 is 0 Å². The molecule has 0 bridgehead atoms. The second kappa shape index (κ2) is 8.27. The van der Waals surface area contributed by atoms with Crippen molar-refractivity contribution in [3.63, 3.8) is 0 Å². The zero-order valence-electron chi connectivity index (χ0n) is 19.1. The van der Waals surface area contributed by atoms with Crippen LogP contribution in [0.3, 0.4) is 0 Å². The first-order valence-electron chi connectivity index (χ1n) is 12.0. The molecule has 2 aromatic heterocycles.